The highest BCUT2D eigenvalue weighted by Gasteiger charge is 2.11. The predicted octanol–water partition coefficient (Wildman–Crippen LogP) is 3.19. The molecule has 1 aromatic carbocycles. The van der Waals surface area contributed by atoms with Gasteiger partial charge < -0.3 is 19.9 Å². The first-order valence-electron chi connectivity index (χ1n) is 5.92. The molecule has 6 nitrogen and oxygen atoms in total. The Bertz CT molecular complexity index is 654. The van der Waals surface area contributed by atoms with Crippen LogP contribution in [0.15, 0.2) is 30.5 Å². The highest BCUT2D eigenvalue weighted by atomic mass is 35.5. The van der Waals surface area contributed by atoms with Crippen LogP contribution < -0.4 is 14.8 Å². The van der Waals surface area contributed by atoms with E-state index < -0.39 is 5.97 Å². The summed E-state index contributed by atoms with van der Waals surface area (Å²) < 4.78 is 10.3. The lowest BCUT2D eigenvalue weighted by molar-refractivity contribution is 0.0697. The molecule has 21 heavy (non-hydrogen) atoms. The number of aromatic carboxylic acids is 1. The number of carboxylic acid groups (broad SMARTS) is 1. The number of hydrogen-bond acceptors (Lipinski definition) is 5. The summed E-state index contributed by atoms with van der Waals surface area (Å²) in [4.78, 5) is 15.1. The summed E-state index contributed by atoms with van der Waals surface area (Å²) in [5, 5.41) is 12.1. The number of benzene rings is 1. The van der Waals surface area contributed by atoms with Crippen molar-refractivity contribution in [2.24, 2.45) is 0 Å². The second-order valence-corrected chi connectivity index (χ2v) is 4.49. The Labute approximate surface area is 126 Å². The minimum absolute atomic E-state index is 0.0240. The van der Waals surface area contributed by atoms with Crippen LogP contribution in [-0.4, -0.2) is 30.3 Å². The molecule has 0 aliphatic rings. The number of nitrogens with zero attached hydrogens (tertiary/aromatic N) is 1. The summed E-state index contributed by atoms with van der Waals surface area (Å²) in [7, 11) is 3.09. The SMILES string of the molecule is COc1cc(Nc2cc(C(=O)O)c(Cl)cn2)cc(OC)c1. The standard InChI is InChI=1S/C14H13ClN2O4/c1-20-9-3-8(4-10(5-9)21-2)17-13-6-11(14(18)19)12(15)7-16-13/h3-7H,1-2H3,(H,16,17)(H,18,19). The summed E-state index contributed by atoms with van der Waals surface area (Å²) in [6.45, 7) is 0. The Hall–Kier alpha value is -2.47. The van der Waals surface area contributed by atoms with Gasteiger partial charge in [-0.1, -0.05) is 11.6 Å². The molecule has 0 aliphatic carbocycles. The van der Waals surface area contributed by atoms with Crippen LogP contribution in [0.3, 0.4) is 0 Å². The zero-order chi connectivity index (χ0) is 15.4. The van der Waals surface area contributed by atoms with E-state index in [4.69, 9.17) is 26.2 Å². The number of anilines is 2. The van der Waals surface area contributed by atoms with Gasteiger partial charge in [-0.05, 0) is 6.07 Å². The molecular formula is C14H13ClN2O4. The zero-order valence-corrected chi connectivity index (χ0v) is 12.1. The lowest BCUT2D eigenvalue weighted by Gasteiger charge is -2.11. The molecule has 0 atom stereocenters. The molecule has 0 saturated heterocycles. The molecular weight excluding hydrogens is 296 g/mol. The van der Waals surface area contributed by atoms with Gasteiger partial charge in [0.15, 0.2) is 0 Å². The monoisotopic (exact) mass is 308 g/mol. The van der Waals surface area contributed by atoms with Gasteiger partial charge in [-0.25, -0.2) is 9.78 Å². The van der Waals surface area contributed by atoms with Crippen molar-refractivity contribution >= 4 is 29.1 Å². The first-order valence-corrected chi connectivity index (χ1v) is 6.30. The Morgan fingerprint density at radius 2 is 1.81 bits per heavy atom. The minimum Gasteiger partial charge on any atom is -0.497 e. The van der Waals surface area contributed by atoms with E-state index in [-0.39, 0.29) is 10.6 Å². The number of pyridine rings is 1. The first kappa shape index (κ1) is 14.9. The molecule has 0 amide bonds. The van der Waals surface area contributed by atoms with Crippen molar-refractivity contribution in [2.45, 2.75) is 0 Å². The van der Waals surface area contributed by atoms with Crippen molar-refractivity contribution < 1.29 is 19.4 Å². The fourth-order valence-corrected chi connectivity index (χ4v) is 1.88. The number of nitrogens with one attached hydrogen (secondary N) is 1. The van der Waals surface area contributed by atoms with Gasteiger partial charge in [0.25, 0.3) is 0 Å². The minimum atomic E-state index is -1.12. The van der Waals surface area contributed by atoms with Crippen molar-refractivity contribution in [3.63, 3.8) is 0 Å². The average molecular weight is 309 g/mol. The Morgan fingerprint density at radius 3 is 2.33 bits per heavy atom. The average Bonchev–Trinajstić information content (AvgIpc) is 2.48. The van der Waals surface area contributed by atoms with E-state index in [1.807, 2.05) is 0 Å². The number of carboxylic acids is 1. The molecule has 2 N–H and O–H groups in total. The van der Waals surface area contributed by atoms with Crippen LogP contribution in [0.4, 0.5) is 11.5 Å². The Kier molecular flexibility index (Phi) is 4.49. The Morgan fingerprint density at radius 1 is 1.19 bits per heavy atom. The van der Waals surface area contributed by atoms with Gasteiger partial charge in [-0.2, -0.15) is 0 Å². The van der Waals surface area contributed by atoms with Crippen molar-refractivity contribution in [1.29, 1.82) is 0 Å². The van der Waals surface area contributed by atoms with E-state index in [9.17, 15) is 4.79 Å². The quantitative estimate of drug-likeness (QED) is 0.883. The maximum absolute atomic E-state index is 11.0. The molecule has 1 aromatic heterocycles. The Balaban J connectivity index is 2.33. The number of aromatic nitrogens is 1. The van der Waals surface area contributed by atoms with Crippen LogP contribution in [0.25, 0.3) is 0 Å². The molecule has 0 radical (unpaired) electrons. The molecule has 0 fully saturated rings. The van der Waals surface area contributed by atoms with E-state index in [2.05, 4.69) is 10.3 Å². The highest BCUT2D eigenvalue weighted by Crippen LogP contribution is 2.28. The van der Waals surface area contributed by atoms with Crippen molar-refractivity contribution in [2.75, 3.05) is 19.5 Å². The molecule has 0 spiro atoms. The van der Waals surface area contributed by atoms with Gasteiger partial charge in [0.05, 0.1) is 24.8 Å². The van der Waals surface area contributed by atoms with Gasteiger partial charge in [0.1, 0.15) is 17.3 Å². The van der Waals surface area contributed by atoms with E-state index in [1.165, 1.54) is 12.3 Å². The fourth-order valence-electron chi connectivity index (χ4n) is 1.70. The maximum Gasteiger partial charge on any atom is 0.337 e. The molecule has 110 valence electrons. The summed E-state index contributed by atoms with van der Waals surface area (Å²) in [5.41, 5.74) is 0.626. The lowest BCUT2D eigenvalue weighted by Crippen LogP contribution is -2.01. The number of methoxy groups -OCH3 is 2. The molecule has 7 heteroatoms. The lowest BCUT2D eigenvalue weighted by atomic mass is 10.2. The molecule has 2 rings (SSSR count). The number of rotatable bonds is 5. The molecule has 0 aliphatic heterocycles. The van der Waals surface area contributed by atoms with Crippen molar-refractivity contribution in [3.8, 4) is 11.5 Å². The van der Waals surface area contributed by atoms with Crippen LogP contribution in [0, 0.1) is 0 Å². The molecule has 2 aromatic rings. The molecule has 0 unspecified atom stereocenters. The molecule has 0 bridgehead atoms. The highest BCUT2D eigenvalue weighted by molar-refractivity contribution is 6.33. The first-order chi connectivity index (χ1) is 10.0. The molecule has 0 saturated carbocycles. The fraction of sp³-hybridized carbons (Fsp3) is 0.143. The van der Waals surface area contributed by atoms with Crippen LogP contribution in [0.1, 0.15) is 10.4 Å². The van der Waals surface area contributed by atoms with Gasteiger partial charge in [0, 0.05) is 30.1 Å². The van der Waals surface area contributed by atoms with Crippen LogP contribution >= 0.6 is 11.6 Å². The van der Waals surface area contributed by atoms with Gasteiger partial charge in [0.2, 0.25) is 0 Å². The maximum atomic E-state index is 11.0. The number of ether oxygens (including phenoxy) is 2. The largest absolute Gasteiger partial charge is 0.497 e. The number of halogens is 1. The normalized spacial score (nSPS) is 10.0. The summed E-state index contributed by atoms with van der Waals surface area (Å²) in [6, 6.07) is 6.55. The van der Waals surface area contributed by atoms with E-state index in [0.717, 1.165) is 0 Å². The molecule has 1 heterocycles. The predicted molar refractivity (Wildman–Crippen MR) is 79.0 cm³/mol. The van der Waals surface area contributed by atoms with E-state index in [0.29, 0.717) is 23.0 Å². The van der Waals surface area contributed by atoms with Crippen molar-refractivity contribution in [1.82, 2.24) is 4.98 Å². The van der Waals surface area contributed by atoms with Crippen LogP contribution in [-0.2, 0) is 0 Å². The number of carbonyl (C=O) groups is 1. The smallest absolute Gasteiger partial charge is 0.337 e. The number of hydrogen-bond donors (Lipinski definition) is 2. The van der Waals surface area contributed by atoms with E-state index >= 15 is 0 Å². The third-order valence-electron chi connectivity index (χ3n) is 2.71. The third-order valence-corrected chi connectivity index (χ3v) is 3.01. The summed E-state index contributed by atoms with van der Waals surface area (Å²) in [5.74, 6) is 0.439. The second-order valence-electron chi connectivity index (χ2n) is 4.08. The van der Waals surface area contributed by atoms with Gasteiger partial charge >= 0.3 is 5.97 Å². The summed E-state index contributed by atoms with van der Waals surface area (Å²) >= 11 is 5.78. The topological polar surface area (TPSA) is 80.7 Å². The van der Waals surface area contributed by atoms with Gasteiger partial charge in [-0.15, -0.1) is 0 Å². The van der Waals surface area contributed by atoms with Crippen molar-refractivity contribution in [3.05, 3.63) is 41.0 Å². The second kappa shape index (κ2) is 6.32. The third kappa shape index (κ3) is 3.55. The van der Waals surface area contributed by atoms with Crippen LogP contribution in [0.5, 0.6) is 11.5 Å². The zero-order valence-electron chi connectivity index (χ0n) is 11.4. The van der Waals surface area contributed by atoms with E-state index in [1.54, 1.807) is 32.4 Å². The summed E-state index contributed by atoms with van der Waals surface area (Å²) in [6.07, 6.45) is 1.28. The van der Waals surface area contributed by atoms with Gasteiger partial charge in [-0.3, -0.25) is 0 Å². The van der Waals surface area contributed by atoms with Crippen LogP contribution in [0.2, 0.25) is 5.02 Å².